The fraction of sp³-hybridized carbons (Fsp3) is 0.667. The fourth-order valence-electron chi connectivity index (χ4n) is 4.30. The number of rotatable bonds is 2. The molecule has 2 bridgehead atoms. The van der Waals surface area contributed by atoms with Crippen LogP contribution in [-0.4, -0.2) is 21.9 Å². The van der Waals surface area contributed by atoms with E-state index < -0.39 is 0 Å². The lowest BCUT2D eigenvalue weighted by Gasteiger charge is -2.43. The molecule has 0 saturated heterocycles. The molecule has 1 N–H and O–H groups in total. The monoisotopic (exact) mass is 293 g/mol. The second-order valence-corrected chi connectivity index (χ2v) is 7.43. The first-order valence-corrected chi connectivity index (χ1v) is 7.49. The van der Waals surface area contributed by atoms with Gasteiger partial charge in [0.1, 0.15) is 10.8 Å². The van der Waals surface area contributed by atoms with Gasteiger partial charge < -0.3 is 5.32 Å². The Labute approximate surface area is 124 Å². The Kier molecular flexibility index (Phi) is 3.05. The number of nitrogens with one attached hydrogen (secondary N) is 1. The summed E-state index contributed by atoms with van der Waals surface area (Å²) in [5, 5.41) is 3.49. The summed E-state index contributed by atoms with van der Waals surface area (Å²) in [6.45, 7) is 6.82. The van der Waals surface area contributed by atoms with Gasteiger partial charge in [-0.05, 0) is 36.0 Å². The van der Waals surface area contributed by atoms with Crippen LogP contribution in [0.5, 0.6) is 0 Å². The third-order valence-corrected chi connectivity index (χ3v) is 5.59. The minimum absolute atomic E-state index is 0.141. The fourth-order valence-corrected chi connectivity index (χ4v) is 4.39. The highest BCUT2D eigenvalue weighted by Gasteiger charge is 2.59. The largest absolute Gasteiger partial charge is 0.347 e. The lowest BCUT2D eigenvalue weighted by atomic mass is 9.68. The molecule has 3 atom stereocenters. The van der Waals surface area contributed by atoms with Crippen LogP contribution in [0, 0.1) is 16.7 Å². The minimum atomic E-state index is -0.152. The van der Waals surface area contributed by atoms with Crippen molar-refractivity contribution < 1.29 is 4.79 Å². The molecule has 0 aliphatic heterocycles. The average molecular weight is 294 g/mol. The Balaban J connectivity index is 1.80. The summed E-state index contributed by atoms with van der Waals surface area (Å²) in [5.74, 6) is 0.551. The van der Waals surface area contributed by atoms with Crippen LogP contribution in [0.3, 0.4) is 0 Å². The molecule has 0 spiro atoms. The molecule has 2 aliphatic rings. The van der Waals surface area contributed by atoms with Crippen molar-refractivity contribution in [2.45, 2.75) is 46.1 Å². The van der Waals surface area contributed by atoms with Crippen molar-refractivity contribution in [1.29, 1.82) is 0 Å². The van der Waals surface area contributed by atoms with Gasteiger partial charge in [0.25, 0.3) is 5.91 Å². The van der Waals surface area contributed by atoms with Gasteiger partial charge in [0.15, 0.2) is 0 Å². The van der Waals surface area contributed by atoms with Gasteiger partial charge in [0.2, 0.25) is 0 Å². The molecule has 1 aromatic rings. The number of nitrogens with zero attached hydrogens (tertiary/aromatic N) is 2. The van der Waals surface area contributed by atoms with Gasteiger partial charge in [-0.3, -0.25) is 4.79 Å². The number of amides is 1. The van der Waals surface area contributed by atoms with E-state index in [4.69, 9.17) is 11.6 Å². The Hall–Kier alpha value is -1.16. The molecule has 3 unspecified atom stereocenters. The molecule has 2 saturated carbocycles. The van der Waals surface area contributed by atoms with Gasteiger partial charge >= 0.3 is 0 Å². The van der Waals surface area contributed by atoms with Crippen molar-refractivity contribution in [2.24, 2.45) is 16.7 Å². The summed E-state index contributed by atoms with van der Waals surface area (Å²) in [6.07, 6.45) is 6.51. The van der Waals surface area contributed by atoms with Crippen LogP contribution in [0.25, 0.3) is 0 Å². The second kappa shape index (κ2) is 4.42. The van der Waals surface area contributed by atoms with Crippen molar-refractivity contribution in [3.05, 3.63) is 23.2 Å². The molecule has 20 heavy (non-hydrogen) atoms. The Morgan fingerprint density at radius 1 is 1.35 bits per heavy atom. The van der Waals surface area contributed by atoms with Crippen molar-refractivity contribution in [1.82, 2.24) is 15.3 Å². The van der Waals surface area contributed by atoms with Crippen molar-refractivity contribution in [2.75, 3.05) is 0 Å². The van der Waals surface area contributed by atoms with Gasteiger partial charge in [0.05, 0.1) is 12.4 Å². The molecule has 2 aliphatic carbocycles. The van der Waals surface area contributed by atoms with Crippen LogP contribution in [0.1, 0.15) is 50.5 Å². The van der Waals surface area contributed by atoms with Gasteiger partial charge in [0, 0.05) is 6.04 Å². The highest BCUT2D eigenvalue weighted by molar-refractivity contribution is 6.29. The zero-order valence-electron chi connectivity index (χ0n) is 12.1. The number of carbonyl (C=O) groups excluding carboxylic acids is 1. The third kappa shape index (κ3) is 2.01. The molecule has 4 nitrogen and oxygen atoms in total. The van der Waals surface area contributed by atoms with E-state index in [0.29, 0.717) is 16.8 Å². The third-order valence-electron chi connectivity index (χ3n) is 5.40. The van der Waals surface area contributed by atoms with Crippen LogP contribution in [0.2, 0.25) is 5.15 Å². The van der Waals surface area contributed by atoms with Crippen LogP contribution in [-0.2, 0) is 0 Å². The van der Waals surface area contributed by atoms with Crippen molar-refractivity contribution >= 4 is 17.5 Å². The molecule has 1 aromatic heterocycles. The first-order valence-electron chi connectivity index (χ1n) is 7.11. The maximum Gasteiger partial charge on any atom is 0.271 e. The zero-order valence-corrected chi connectivity index (χ0v) is 12.9. The molecule has 5 heteroatoms. The zero-order chi connectivity index (χ0) is 14.5. The van der Waals surface area contributed by atoms with Crippen LogP contribution < -0.4 is 5.32 Å². The van der Waals surface area contributed by atoms with E-state index >= 15 is 0 Å². The molecule has 2 fully saturated rings. The minimum Gasteiger partial charge on any atom is -0.347 e. The SMILES string of the molecule is CC12CCC(C1)C(C)(C)C2NC(=O)c1cnc(Cl)cn1. The molecule has 1 heterocycles. The predicted molar refractivity (Wildman–Crippen MR) is 77.5 cm³/mol. The normalized spacial score (nSPS) is 34.2. The van der Waals surface area contributed by atoms with Gasteiger partial charge in [-0.1, -0.05) is 32.4 Å². The molecular formula is C15H20ClN3O. The summed E-state index contributed by atoms with van der Waals surface area (Å²) >= 11 is 5.70. The lowest BCUT2D eigenvalue weighted by Crippen LogP contribution is -2.52. The summed E-state index contributed by atoms with van der Waals surface area (Å²) < 4.78 is 0. The topological polar surface area (TPSA) is 54.9 Å². The maximum absolute atomic E-state index is 12.4. The molecule has 3 rings (SSSR count). The van der Waals surface area contributed by atoms with E-state index in [0.717, 1.165) is 0 Å². The summed E-state index contributed by atoms with van der Waals surface area (Å²) in [4.78, 5) is 20.3. The Bertz CT molecular complexity index is 538. The number of aromatic nitrogens is 2. The highest BCUT2D eigenvalue weighted by Crippen LogP contribution is 2.62. The summed E-state index contributed by atoms with van der Waals surface area (Å²) in [5.41, 5.74) is 0.684. The quantitative estimate of drug-likeness (QED) is 0.912. The van der Waals surface area contributed by atoms with E-state index in [1.54, 1.807) is 0 Å². The van der Waals surface area contributed by atoms with E-state index in [2.05, 4.69) is 36.1 Å². The van der Waals surface area contributed by atoms with Gasteiger partial charge in [-0.15, -0.1) is 0 Å². The number of hydrogen-bond donors (Lipinski definition) is 1. The second-order valence-electron chi connectivity index (χ2n) is 7.05. The Morgan fingerprint density at radius 2 is 2.10 bits per heavy atom. The van der Waals surface area contributed by atoms with Crippen molar-refractivity contribution in [3.63, 3.8) is 0 Å². The Morgan fingerprint density at radius 3 is 2.65 bits per heavy atom. The van der Waals surface area contributed by atoms with E-state index in [1.165, 1.54) is 31.7 Å². The molecule has 108 valence electrons. The standard InChI is InChI=1S/C15H20ClN3O/c1-14(2)9-4-5-15(3,6-9)13(14)19-12(20)10-7-18-11(16)8-17-10/h7-9,13H,4-6H2,1-3H3,(H,19,20). The smallest absolute Gasteiger partial charge is 0.271 e. The van der Waals surface area contributed by atoms with Crippen molar-refractivity contribution in [3.8, 4) is 0 Å². The number of carbonyl (C=O) groups is 1. The number of hydrogen-bond acceptors (Lipinski definition) is 3. The van der Waals surface area contributed by atoms with Crippen LogP contribution >= 0.6 is 11.6 Å². The van der Waals surface area contributed by atoms with E-state index in [9.17, 15) is 4.79 Å². The molecular weight excluding hydrogens is 274 g/mol. The first-order chi connectivity index (χ1) is 9.33. The van der Waals surface area contributed by atoms with Gasteiger partial charge in [-0.25, -0.2) is 9.97 Å². The molecule has 0 radical (unpaired) electrons. The summed E-state index contributed by atoms with van der Waals surface area (Å²) in [6, 6.07) is 0.193. The molecule has 0 aromatic carbocycles. The van der Waals surface area contributed by atoms with E-state index in [1.807, 2.05) is 0 Å². The molecule has 1 amide bonds. The number of halogens is 1. The predicted octanol–water partition coefficient (Wildman–Crippen LogP) is 3.07. The lowest BCUT2D eigenvalue weighted by molar-refractivity contribution is 0.0733. The van der Waals surface area contributed by atoms with Crippen LogP contribution in [0.15, 0.2) is 12.4 Å². The summed E-state index contributed by atoms with van der Waals surface area (Å²) in [7, 11) is 0. The highest BCUT2D eigenvalue weighted by atomic mass is 35.5. The maximum atomic E-state index is 12.4. The first kappa shape index (κ1) is 13.8. The van der Waals surface area contributed by atoms with Gasteiger partial charge in [-0.2, -0.15) is 0 Å². The van der Waals surface area contributed by atoms with E-state index in [-0.39, 0.29) is 22.8 Å². The van der Waals surface area contributed by atoms with Crippen LogP contribution in [0.4, 0.5) is 0 Å². The average Bonchev–Trinajstić information content (AvgIpc) is 2.86. The number of fused-ring (bicyclic) bond motifs is 2.